The van der Waals surface area contributed by atoms with E-state index in [0.717, 1.165) is 26.2 Å². The zero-order chi connectivity index (χ0) is 14.0. The molecule has 0 amide bonds. The summed E-state index contributed by atoms with van der Waals surface area (Å²) in [6.07, 6.45) is 1.18. The third-order valence-corrected chi connectivity index (χ3v) is 3.40. The molecule has 114 valence electrons. The van der Waals surface area contributed by atoms with E-state index in [1.807, 2.05) is 7.05 Å². The zero-order valence-corrected chi connectivity index (χ0v) is 13.5. The van der Waals surface area contributed by atoms with E-state index in [-0.39, 0.29) is 12.4 Å². The Labute approximate surface area is 134 Å². The van der Waals surface area contributed by atoms with E-state index in [0.29, 0.717) is 0 Å². The predicted molar refractivity (Wildman–Crippen MR) is 92.8 cm³/mol. The largest absolute Gasteiger partial charge is 0.320 e. The molecule has 0 atom stereocenters. The Bertz CT molecular complexity index is 432. The van der Waals surface area contributed by atoms with Crippen LogP contribution in [-0.4, -0.2) is 25.0 Å². The van der Waals surface area contributed by atoms with Crippen LogP contribution in [-0.2, 0) is 13.1 Å². The van der Waals surface area contributed by atoms with Crippen LogP contribution in [0.3, 0.4) is 0 Å². The Morgan fingerprint density at radius 1 is 0.810 bits per heavy atom. The van der Waals surface area contributed by atoms with Gasteiger partial charge in [0.1, 0.15) is 0 Å². The Balaban J connectivity index is 0.00000220. The average Bonchev–Trinajstić information content (AvgIpc) is 2.49. The Kier molecular flexibility index (Phi) is 8.76. The first-order valence-electron chi connectivity index (χ1n) is 7.33. The molecule has 2 rings (SSSR count). The molecule has 2 aromatic rings. The molecule has 0 fully saturated rings. The molecule has 0 aliphatic rings. The van der Waals surface area contributed by atoms with Gasteiger partial charge in [0, 0.05) is 19.6 Å². The minimum Gasteiger partial charge on any atom is -0.320 e. The molecular formula is C18H25ClN2. The van der Waals surface area contributed by atoms with Crippen molar-refractivity contribution in [3.05, 3.63) is 71.8 Å². The van der Waals surface area contributed by atoms with Crippen molar-refractivity contribution in [1.29, 1.82) is 0 Å². The third kappa shape index (κ3) is 6.76. The molecule has 0 spiro atoms. The van der Waals surface area contributed by atoms with Gasteiger partial charge in [0.15, 0.2) is 0 Å². The molecule has 2 nitrogen and oxygen atoms in total. The maximum Gasteiger partial charge on any atom is 0.0237 e. The lowest BCUT2D eigenvalue weighted by Gasteiger charge is -2.22. The summed E-state index contributed by atoms with van der Waals surface area (Å²) in [5, 5.41) is 3.22. The lowest BCUT2D eigenvalue weighted by molar-refractivity contribution is 0.253. The number of hydrogen-bond donors (Lipinski definition) is 1. The number of benzene rings is 2. The lowest BCUT2D eigenvalue weighted by Crippen LogP contribution is -2.26. The summed E-state index contributed by atoms with van der Waals surface area (Å²) in [4.78, 5) is 2.52. The van der Waals surface area contributed by atoms with Gasteiger partial charge in [-0.1, -0.05) is 60.7 Å². The highest BCUT2D eigenvalue weighted by molar-refractivity contribution is 5.85. The van der Waals surface area contributed by atoms with E-state index in [9.17, 15) is 0 Å². The molecule has 1 N–H and O–H groups in total. The predicted octanol–water partition coefficient (Wildman–Crippen LogP) is 3.72. The van der Waals surface area contributed by atoms with Crippen LogP contribution in [0.2, 0.25) is 0 Å². The summed E-state index contributed by atoms with van der Waals surface area (Å²) in [5.74, 6) is 0. The second-order valence-corrected chi connectivity index (χ2v) is 5.14. The quantitative estimate of drug-likeness (QED) is 0.748. The highest BCUT2D eigenvalue weighted by atomic mass is 35.5. The van der Waals surface area contributed by atoms with Crippen molar-refractivity contribution in [3.63, 3.8) is 0 Å². The number of nitrogens with zero attached hydrogens (tertiary/aromatic N) is 1. The van der Waals surface area contributed by atoms with Crippen LogP contribution in [0.15, 0.2) is 60.7 Å². The molecule has 3 heteroatoms. The Morgan fingerprint density at radius 3 is 1.71 bits per heavy atom. The molecule has 0 heterocycles. The Morgan fingerprint density at radius 2 is 1.29 bits per heavy atom. The van der Waals surface area contributed by atoms with Crippen LogP contribution < -0.4 is 5.32 Å². The standard InChI is InChI=1S/C18H24N2.ClH/c1-19-13-8-14-20(15-17-9-4-2-5-10-17)16-18-11-6-3-7-12-18;/h2-7,9-12,19H,8,13-16H2,1H3;1H. The highest BCUT2D eigenvalue weighted by Gasteiger charge is 2.06. The van der Waals surface area contributed by atoms with Crippen LogP contribution in [0, 0.1) is 0 Å². The number of hydrogen-bond acceptors (Lipinski definition) is 2. The summed E-state index contributed by atoms with van der Waals surface area (Å²) in [7, 11) is 2.01. The molecule has 0 bridgehead atoms. The van der Waals surface area contributed by atoms with Crippen molar-refractivity contribution in [2.75, 3.05) is 20.1 Å². The summed E-state index contributed by atoms with van der Waals surface area (Å²) in [6, 6.07) is 21.4. The van der Waals surface area contributed by atoms with Crippen LogP contribution >= 0.6 is 12.4 Å². The van der Waals surface area contributed by atoms with Crippen molar-refractivity contribution in [2.24, 2.45) is 0 Å². The van der Waals surface area contributed by atoms with E-state index in [4.69, 9.17) is 0 Å². The molecule has 0 aliphatic heterocycles. The van der Waals surface area contributed by atoms with Gasteiger partial charge < -0.3 is 5.32 Å². The molecule has 0 radical (unpaired) electrons. The number of halogens is 1. The van der Waals surface area contributed by atoms with Gasteiger partial charge in [0.2, 0.25) is 0 Å². The fourth-order valence-corrected chi connectivity index (χ4v) is 2.38. The van der Waals surface area contributed by atoms with Crippen molar-refractivity contribution in [2.45, 2.75) is 19.5 Å². The van der Waals surface area contributed by atoms with Gasteiger partial charge in [-0.15, -0.1) is 12.4 Å². The summed E-state index contributed by atoms with van der Waals surface area (Å²) in [6.45, 7) is 4.21. The van der Waals surface area contributed by atoms with Gasteiger partial charge in [-0.05, 0) is 31.1 Å². The van der Waals surface area contributed by atoms with E-state index in [1.165, 1.54) is 17.5 Å². The van der Waals surface area contributed by atoms with Gasteiger partial charge in [0.25, 0.3) is 0 Å². The van der Waals surface area contributed by atoms with Gasteiger partial charge in [-0.25, -0.2) is 0 Å². The molecule has 0 aromatic heterocycles. The number of nitrogens with one attached hydrogen (secondary N) is 1. The SMILES string of the molecule is CNCCCN(Cc1ccccc1)Cc1ccccc1.Cl. The lowest BCUT2D eigenvalue weighted by atomic mass is 10.1. The molecule has 0 saturated heterocycles. The van der Waals surface area contributed by atoms with E-state index < -0.39 is 0 Å². The summed E-state index contributed by atoms with van der Waals surface area (Å²) in [5.41, 5.74) is 2.76. The van der Waals surface area contributed by atoms with E-state index >= 15 is 0 Å². The monoisotopic (exact) mass is 304 g/mol. The minimum atomic E-state index is 0. The first-order chi connectivity index (χ1) is 9.88. The van der Waals surface area contributed by atoms with Crippen molar-refractivity contribution < 1.29 is 0 Å². The van der Waals surface area contributed by atoms with Gasteiger partial charge in [-0.2, -0.15) is 0 Å². The van der Waals surface area contributed by atoms with Crippen LogP contribution in [0.4, 0.5) is 0 Å². The molecule has 21 heavy (non-hydrogen) atoms. The smallest absolute Gasteiger partial charge is 0.0237 e. The molecule has 2 aromatic carbocycles. The Hall–Kier alpha value is -1.35. The van der Waals surface area contributed by atoms with Gasteiger partial charge >= 0.3 is 0 Å². The fourth-order valence-electron chi connectivity index (χ4n) is 2.38. The highest BCUT2D eigenvalue weighted by Crippen LogP contribution is 2.10. The zero-order valence-electron chi connectivity index (χ0n) is 12.7. The topological polar surface area (TPSA) is 15.3 Å². The maximum absolute atomic E-state index is 3.22. The van der Waals surface area contributed by atoms with E-state index in [1.54, 1.807) is 0 Å². The minimum absolute atomic E-state index is 0. The van der Waals surface area contributed by atoms with Crippen LogP contribution in [0.1, 0.15) is 17.5 Å². The summed E-state index contributed by atoms with van der Waals surface area (Å²) < 4.78 is 0. The summed E-state index contributed by atoms with van der Waals surface area (Å²) >= 11 is 0. The van der Waals surface area contributed by atoms with Crippen LogP contribution in [0.25, 0.3) is 0 Å². The third-order valence-electron chi connectivity index (χ3n) is 3.40. The maximum atomic E-state index is 3.22. The first-order valence-corrected chi connectivity index (χ1v) is 7.33. The van der Waals surface area contributed by atoms with Crippen molar-refractivity contribution in [3.8, 4) is 0 Å². The number of rotatable bonds is 8. The first kappa shape index (κ1) is 17.7. The van der Waals surface area contributed by atoms with Crippen molar-refractivity contribution in [1.82, 2.24) is 10.2 Å². The average molecular weight is 305 g/mol. The second kappa shape index (κ2) is 10.4. The molecule has 0 unspecified atom stereocenters. The normalized spacial score (nSPS) is 10.4. The van der Waals surface area contributed by atoms with E-state index in [2.05, 4.69) is 70.9 Å². The van der Waals surface area contributed by atoms with Gasteiger partial charge in [0.05, 0.1) is 0 Å². The van der Waals surface area contributed by atoms with Gasteiger partial charge in [-0.3, -0.25) is 4.90 Å². The molecule has 0 aliphatic carbocycles. The van der Waals surface area contributed by atoms with Crippen molar-refractivity contribution >= 4 is 12.4 Å². The molecular weight excluding hydrogens is 280 g/mol. The molecule has 0 saturated carbocycles. The second-order valence-electron chi connectivity index (χ2n) is 5.14. The fraction of sp³-hybridized carbons (Fsp3) is 0.333. The van der Waals surface area contributed by atoms with Crippen LogP contribution in [0.5, 0.6) is 0 Å².